The molecule has 0 saturated carbocycles. The Balaban J connectivity index is 2.53. The lowest BCUT2D eigenvalue weighted by Crippen LogP contribution is -2.06. The van der Waals surface area contributed by atoms with E-state index in [1.54, 1.807) is 6.07 Å². The second-order valence-corrected chi connectivity index (χ2v) is 5.06. The number of rotatable bonds is 4. The van der Waals surface area contributed by atoms with Crippen LogP contribution in [0.2, 0.25) is 0 Å². The fourth-order valence-electron chi connectivity index (χ4n) is 2.34. The molecule has 0 radical (unpaired) electrons. The summed E-state index contributed by atoms with van der Waals surface area (Å²) in [5, 5.41) is 3.25. The number of hydrogen-bond donors (Lipinski definition) is 1. The minimum Gasteiger partial charge on any atom is -0.370 e. The Hall–Kier alpha value is -1.97. The normalized spacial score (nSPS) is 10.7. The molecule has 20 heavy (non-hydrogen) atoms. The van der Waals surface area contributed by atoms with Crippen molar-refractivity contribution in [2.24, 2.45) is 0 Å². The van der Waals surface area contributed by atoms with Crippen LogP contribution in [0, 0.1) is 26.6 Å². The average molecular weight is 273 g/mol. The number of hydrogen-bond acceptors (Lipinski definition) is 3. The Morgan fingerprint density at radius 1 is 1.15 bits per heavy atom. The molecule has 1 N–H and O–H groups in total. The number of aryl methyl sites for hydroxylation is 2. The first-order valence-electron chi connectivity index (χ1n) is 6.87. The van der Waals surface area contributed by atoms with Crippen molar-refractivity contribution in [3.8, 4) is 11.3 Å². The predicted molar refractivity (Wildman–Crippen MR) is 80.4 cm³/mol. The van der Waals surface area contributed by atoms with Crippen LogP contribution in [0.25, 0.3) is 11.3 Å². The summed E-state index contributed by atoms with van der Waals surface area (Å²) >= 11 is 0. The van der Waals surface area contributed by atoms with E-state index in [2.05, 4.69) is 22.2 Å². The Bertz CT molecular complexity index is 600. The van der Waals surface area contributed by atoms with E-state index in [0.29, 0.717) is 11.3 Å². The SMILES string of the molecule is CCCNc1ncnc(-c2c(C)cc(C)cc2F)c1C. The van der Waals surface area contributed by atoms with Crippen LogP contribution < -0.4 is 5.32 Å². The van der Waals surface area contributed by atoms with Gasteiger partial charge >= 0.3 is 0 Å². The summed E-state index contributed by atoms with van der Waals surface area (Å²) in [7, 11) is 0. The van der Waals surface area contributed by atoms with Gasteiger partial charge in [0.05, 0.1) is 5.69 Å². The molecule has 2 aromatic rings. The molecule has 106 valence electrons. The summed E-state index contributed by atoms with van der Waals surface area (Å²) < 4.78 is 14.3. The van der Waals surface area contributed by atoms with Crippen molar-refractivity contribution in [3.63, 3.8) is 0 Å². The zero-order valence-corrected chi connectivity index (χ0v) is 12.4. The monoisotopic (exact) mass is 273 g/mol. The number of halogens is 1. The molecule has 1 aromatic carbocycles. The summed E-state index contributed by atoms with van der Waals surface area (Å²) in [4.78, 5) is 8.51. The summed E-state index contributed by atoms with van der Waals surface area (Å²) in [5.74, 6) is 0.543. The summed E-state index contributed by atoms with van der Waals surface area (Å²) in [6.45, 7) is 8.65. The molecule has 0 aliphatic heterocycles. The third-order valence-electron chi connectivity index (χ3n) is 3.30. The molecule has 0 amide bonds. The largest absolute Gasteiger partial charge is 0.370 e. The van der Waals surface area contributed by atoms with Crippen LogP contribution in [0.1, 0.15) is 30.0 Å². The molecule has 0 bridgehead atoms. The van der Waals surface area contributed by atoms with Gasteiger partial charge < -0.3 is 5.32 Å². The number of aromatic nitrogens is 2. The third-order valence-corrected chi connectivity index (χ3v) is 3.30. The van der Waals surface area contributed by atoms with Crippen molar-refractivity contribution in [2.75, 3.05) is 11.9 Å². The molecule has 0 aliphatic rings. The van der Waals surface area contributed by atoms with Crippen LogP contribution in [0.3, 0.4) is 0 Å². The van der Waals surface area contributed by atoms with Crippen molar-refractivity contribution >= 4 is 5.82 Å². The van der Waals surface area contributed by atoms with Crippen LogP contribution in [-0.2, 0) is 0 Å². The predicted octanol–water partition coefficient (Wildman–Crippen LogP) is 4.03. The number of nitrogens with zero attached hydrogens (tertiary/aromatic N) is 2. The first-order chi connectivity index (χ1) is 9.54. The first-order valence-corrected chi connectivity index (χ1v) is 6.87. The van der Waals surface area contributed by atoms with Gasteiger partial charge in [0.15, 0.2) is 0 Å². The molecule has 1 aromatic heterocycles. The van der Waals surface area contributed by atoms with Crippen LogP contribution in [0.4, 0.5) is 10.2 Å². The van der Waals surface area contributed by atoms with Gasteiger partial charge in [-0.25, -0.2) is 14.4 Å². The minimum absolute atomic E-state index is 0.231. The zero-order valence-electron chi connectivity index (χ0n) is 12.4. The molecule has 0 aliphatic carbocycles. The van der Waals surface area contributed by atoms with Crippen molar-refractivity contribution in [1.82, 2.24) is 9.97 Å². The van der Waals surface area contributed by atoms with Crippen molar-refractivity contribution in [3.05, 3.63) is 41.0 Å². The van der Waals surface area contributed by atoms with Gasteiger partial charge in [0.25, 0.3) is 0 Å². The van der Waals surface area contributed by atoms with Gasteiger partial charge in [-0.2, -0.15) is 0 Å². The maximum absolute atomic E-state index is 14.3. The van der Waals surface area contributed by atoms with Gasteiger partial charge in [-0.15, -0.1) is 0 Å². The minimum atomic E-state index is -0.231. The number of nitrogens with one attached hydrogen (secondary N) is 1. The second kappa shape index (κ2) is 5.99. The highest BCUT2D eigenvalue weighted by Crippen LogP contribution is 2.30. The summed E-state index contributed by atoms with van der Waals surface area (Å²) in [6, 6.07) is 3.52. The molecule has 1 heterocycles. The van der Waals surface area contributed by atoms with Crippen LogP contribution in [0.15, 0.2) is 18.5 Å². The van der Waals surface area contributed by atoms with Crippen LogP contribution >= 0.6 is 0 Å². The molecule has 0 saturated heterocycles. The second-order valence-electron chi connectivity index (χ2n) is 5.06. The van der Waals surface area contributed by atoms with E-state index in [0.717, 1.165) is 35.5 Å². The van der Waals surface area contributed by atoms with E-state index in [9.17, 15) is 4.39 Å². The third kappa shape index (κ3) is 2.79. The average Bonchev–Trinajstić information content (AvgIpc) is 2.38. The first kappa shape index (κ1) is 14.4. The molecule has 2 rings (SSSR count). The van der Waals surface area contributed by atoms with Crippen molar-refractivity contribution < 1.29 is 4.39 Å². The smallest absolute Gasteiger partial charge is 0.133 e. The Morgan fingerprint density at radius 3 is 2.55 bits per heavy atom. The topological polar surface area (TPSA) is 37.8 Å². The fraction of sp³-hybridized carbons (Fsp3) is 0.375. The maximum atomic E-state index is 14.3. The van der Waals surface area contributed by atoms with Crippen molar-refractivity contribution in [1.29, 1.82) is 0 Å². The lowest BCUT2D eigenvalue weighted by atomic mass is 9.99. The Labute approximate surface area is 119 Å². The fourth-order valence-corrected chi connectivity index (χ4v) is 2.34. The van der Waals surface area contributed by atoms with E-state index in [-0.39, 0.29) is 5.82 Å². The number of benzene rings is 1. The molecular weight excluding hydrogens is 253 g/mol. The molecule has 0 atom stereocenters. The lowest BCUT2D eigenvalue weighted by Gasteiger charge is -2.13. The van der Waals surface area contributed by atoms with E-state index in [1.807, 2.05) is 26.8 Å². The molecule has 4 heteroatoms. The van der Waals surface area contributed by atoms with Crippen molar-refractivity contribution in [2.45, 2.75) is 34.1 Å². The quantitative estimate of drug-likeness (QED) is 0.914. The molecule has 3 nitrogen and oxygen atoms in total. The van der Waals surface area contributed by atoms with E-state index in [4.69, 9.17) is 0 Å². The Kier molecular flexibility index (Phi) is 4.32. The van der Waals surface area contributed by atoms with E-state index < -0.39 is 0 Å². The van der Waals surface area contributed by atoms with E-state index >= 15 is 0 Å². The Morgan fingerprint density at radius 2 is 1.90 bits per heavy atom. The molecule has 0 fully saturated rings. The lowest BCUT2D eigenvalue weighted by molar-refractivity contribution is 0.628. The molecule has 0 unspecified atom stereocenters. The van der Waals surface area contributed by atoms with E-state index in [1.165, 1.54) is 6.33 Å². The van der Waals surface area contributed by atoms with Crippen LogP contribution in [-0.4, -0.2) is 16.5 Å². The van der Waals surface area contributed by atoms with Gasteiger partial charge in [-0.3, -0.25) is 0 Å². The van der Waals surface area contributed by atoms with Gasteiger partial charge in [0, 0.05) is 17.7 Å². The van der Waals surface area contributed by atoms with Gasteiger partial charge in [0.1, 0.15) is 18.0 Å². The van der Waals surface area contributed by atoms with Gasteiger partial charge in [-0.1, -0.05) is 13.0 Å². The van der Waals surface area contributed by atoms with Crippen LogP contribution in [0.5, 0.6) is 0 Å². The standard InChI is InChI=1S/C16H20FN3/c1-5-6-18-16-12(4)15(19-9-20-16)14-11(3)7-10(2)8-13(14)17/h7-9H,5-6H2,1-4H3,(H,18,19,20). The molecular formula is C16H20FN3. The number of anilines is 1. The zero-order chi connectivity index (χ0) is 14.7. The molecule has 0 spiro atoms. The highest BCUT2D eigenvalue weighted by atomic mass is 19.1. The highest BCUT2D eigenvalue weighted by molar-refractivity contribution is 5.71. The van der Waals surface area contributed by atoms with Gasteiger partial charge in [-0.05, 0) is 44.4 Å². The summed E-state index contributed by atoms with van der Waals surface area (Å²) in [5.41, 5.74) is 3.92. The maximum Gasteiger partial charge on any atom is 0.133 e. The van der Waals surface area contributed by atoms with Gasteiger partial charge in [0.2, 0.25) is 0 Å². The highest BCUT2D eigenvalue weighted by Gasteiger charge is 2.15. The summed E-state index contributed by atoms with van der Waals surface area (Å²) in [6.07, 6.45) is 2.50.